The van der Waals surface area contributed by atoms with Gasteiger partial charge in [0.15, 0.2) is 0 Å². The molecule has 0 saturated heterocycles. The zero-order valence-electron chi connectivity index (χ0n) is 15.5. The van der Waals surface area contributed by atoms with Crippen LogP contribution in [0.2, 0.25) is 0 Å². The van der Waals surface area contributed by atoms with E-state index in [4.69, 9.17) is 9.47 Å². The number of nitrogens with zero attached hydrogens (tertiary/aromatic N) is 1. The van der Waals surface area contributed by atoms with Gasteiger partial charge in [-0.25, -0.2) is 4.98 Å². The van der Waals surface area contributed by atoms with Crippen LogP contribution in [-0.4, -0.2) is 44.8 Å². The van der Waals surface area contributed by atoms with Gasteiger partial charge in [-0.3, -0.25) is 4.79 Å². The van der Waals surface area contributed by atoms with Crippen molar-refractivity contribution in [2.45, 2.75) is 19.9 Å². The van der Waals surface area contributed by atoms with Crippen LogP contribution < -0.4 is 15.4 Å². The zero-order chi connectivity index (χ0) is 18.2. The largest absolute Gasteiger partial charge is 0.497 e. The number of aromatic nitrogens is 1. The fourth-order valence-electron chi connectivity index (χ4n) is 2.40. The number of halogens is 1. The highest BCUT2D eigenvalue weighted by Gasteiger charge is 2.17. The Hall–Kier alpha value is -1.67. The van der Waals surface area contributed by atoms with E-state index in [2.05, 4.69) is 15.6 Å². The minimum atomic E-state index is -0.0822. The summed E-state index contributed by atoms with van der Waals surface area (Å²) in [6.45, 7) is 5.46. The maximum absolute atomic E-state index is 12.0. The Morgan fingerprint density at radius 1 is 1.27 bits per heavy atom. The van der Waals surface area contributed by atoms with Gasteiger partial charge in [0, 0.05) is 19.2 Å². The monoisotopic (exact) mass is 399 g/mol. The van der Waals surface area contributed by atoms with Gasteiger partial charge < -0.3 is 20.1 Å². The number of hydrogen-bond acceptors (Lipinski definition) is 6. The molecule has 6 nitrogen and oxygen atoms in total. The standard InChI is InChI=1S/C18H25N3O3S.ClH/c1-12(20-16(22)11-19-9-10-23-3)17-13(2)21-18(25-17)14-5-7-15(24-4)8-6-14;/h5-8,12,19H,9-11H2,1-4H3,(H,20,22);1H. The summed E-state index contributed by atoms with van der Waals surface area (Å²) in [5, 5.41) is 6.98. The molecular formula is C18H26ClN3O3S. The lowest BCUT2D eigenvalue weighted by Gasteiger charge is -2.13. The lowest BCUT2D eigenvalue weighted by atomic mass is 10.2. The Morgan fingerprint density at radius 2 is 1.96 bits per heavy atom. The highest BCUT2D eigenvalue weighted by Crippen LogP contribution is 2.32. The number of amides is 1. The summed E-state index contributed by atoms with van der Waals surface area (Å²) in [5.74, 6) is 0.779. The molecule has 1 aromatic heterocycles. The fourth-order valence-corrected chi connectivity index (χ4v) is 3.48. The predicted octanol–water partition coefficient (Wildman–Crippen LogP) is 2.96. The molecule has 0 aliphatic rings. The van der Waals surface area contributed by atoms with Crippen LogP contribution in [0.25, 0.3) is 10.6 Å². The molecule has 1 aromatic carbocycles. The molecule has 0 fully saturated rings. The van der Waals surface area contributed by atoms with Crippen LogP contribution in [0.15, 0.2) is 24.3 Å². The lowest BCUT2D eigenvalue weighted by molar-refractivity contribution is -0.120. The summed E-state index contributed by atoms with van der Waals surface area (Å²) in [6.07, 6.45) is 0. The van der Waals surface area contributed by atoms with Gasteiger partial charge in [-0.05, 0) is 38.1 Å². The highest BCUT2D eigenvalue weighted by molar-refractivity contribution is 7.15. The molecular weight excluding hydrogens is 374 g/mol. The van der Waals surface area contributed by atoms with Crippen molar-refractivity contribution in [3.05, 3.63) is 34.8 Å². The number of carbonyl (C=O) groups is 1. The molecule has 2 rings (SSSR count). The Balaban J connectivity index is 0.00000338. The second-order valence-electron chi connectivity index (χ2n) is 5.66. The average molecular weight is 400 g/mol. The van der Waals surface area contributed by atoms with E-state index in [9.17, 15) is 4.79 Å². The van der Waals surface area contributed by atoms with Crippen molar-refractivity contribution in [1.82, 2.24) is 15.6 Å². The molecule has 0 spiro atoms. The van der Waals surface area contributed by atoms with Crippen molar-refractivity contribution in [2.75, 3.05) is 33.9 Å². The number of methoxy groups -OCH3 is 2. The second kappa shape index (κ2) is 11.1. The van der Waals surface area contributed by atoms with Gasteiger partial charge in [0.2, 0.25) is 5.91 Å². The minimum absolute atomic E-state index is 0. The number of ether oxygens (including phenoxy) is 2. The maximum atomic E-state index is 12.0. The van der Waals surface area contributed by atoms with Gasteiger partial charge in [-0.2, -0.15) is 0 Å². The van der Waals surface area contributed by atoms with E-state index in [1.807, 2.05) is 38.1 Å². The summed E-state index contributed by atoms with van der Waals surface area (Å²) in [7, 11) is 3.28. The zero-order valence-corrected chi connectivity index (χ0v) is 17.1. The first-order valence-corrected chi connectivity index (χ1v) is 8.97. The van der Waals surface area contributed by atoms with Gasteiger partial charge in [-0.1, -0.05) is 0 Å². The SMILES string of the molecule is COCCNCC(=O)NC(C)c1sc(-c2ccc(OC)cc2)nc1C.Cl. The summed E-state index contributed by atoms with van der Waals surface area (Å²) in [4.78, 5) is 17.7. The van der Waals surface area contributed by atoms with Gasteiger partial charge in [-0.15, -0.1) is 23.7 Å². The van der Waals surface area contributed by atoms with Crippen molar-refractivity contribution >= 4 is 29.7 Å². The Morgan fingerprint density at radius 3 is 2.58 bits per heavy atom. The third-order valence-electron chi connectivity index (χ3n) is 3.71. The Kier molecular flexibility index (Phi) is 9.58. The van der Waals surface area contributed by atoms with Crippen molar-refractivity contribution in [3.63, 3.8) is 0 Å². The predicted molar refractivity (Wildman–Crippen MR) is 107 cm³/mol. The molecule has 8 heteroatoms. The van der Waals surface area contributed by atoms with E-state index in [1.165, 1.54) is 0 Å². The van der Waals surface area contributed by atoms with Gasteiger partial charge in [0.1, 0.15) is 10.8 Å². The van der Waals surface area contributed by atoms with E-state index < -0.39 is 0 Å². The van der Waals surface area contributed by atoms with Crippen molar-refractivity contribution in [2.24, 2.45) is 0 Å². The lowest BCUT2D eigenvalue weighted by Crippen LogP contribution is -2.36. The number of carbonyl (C=O) groups excluding carboxylic acids is 1. The number of hydrogen-bond donors (Lipinski definition) is 2. The first-order valence-electron chi connectivity index (χ1n) is 8.16. The van der Waals surface area contributed by atoms with E-state index in [-0.39, 0.29) is 30.9 Å². The number of thiazole rings is 1. The normalized spacial score (nSPS) is 11.5. The van der Waals surface area contributed by atoms with Crippen LogP contribution >= 0.6 is 23.7 Å². The van der Waals surface area contributed by atoms with E-state index in [0.29, 0.717) is 13.2 Å². The molecule has 0 saturated carbocycles. The molecule has 144 valence electrons. The summed E-state index contributed by atoms with van der Waals surface area (Å²) in [5.41, 5.74) is 1.98. The van der Waals surface area contributed by atoms with Gasteiger partial charge in [0.25, 0.3) is 0 Å². The third-order valence-corrected chi connectivity index (χ3v) is 5.10. The molecule has 2 N–H and O–H groups in total. The maximum Gasteiger partial charge on any atom is 0.234 e. The fraction of sp³-hybridized carbons (Fsp3) is 0.444. The number of nitrogens with one attached hydrogen (secondary N) is 2. The average Bonchev–Trinajstić information content (AvgIpc) is 3.00. The molecule has 1 amide bonds. The molecule has 2 aromatic rings. The molecule has 0 aliphatic heterocycles. The van der Waals surface area contributed by atoms with E-state index in [0.717, 1.165) is 26.9 Å². The molecule has 1 heterocycles. The molecule has 0 bridgehead atoms. The van der Waals surface area contributed by atoms with E-state index >= 15 is 0 Å². The van der Waals surface area contributed by atoms with E-state index in [1.54, 1.807) is 25.6 Å². The minimum Gasteiger partial charge on any atom is -0.497 e. The van der Waals surface area contributed by atoms with Gasteiger partial charge >= 0.3 is 0 Å². The summed E-state index contributed by atoms with van der Waals surface area (Å²) >= 11 is 1.60. The van der Waals surface area contributed by atoms with Crippen LogP contribution in [0.1, 0.15) is 23.5 Å². The number of aryl methyl sites for hydroxylation is 1. The van der Waals surface area contributed by atoms with Crippen molar-refractivity contribution in [3.8, 4) is 16.3 Å². The quantitative estimate of drug-likeness (QED) is 0.634. The van der Waals surface area contributed by atoms with Crippen molar-refractivity contribution in [1.29, 1.82) is 0 Å². The number of rotatable bonds is 9. The molecule has 0 aliphatic carbocycles. The van der Waals surface area contributed by atoms with Crippen LogP contribution in [0.5, 0.6) is 5.75 Å². The topological polar surface area (TPSA) is 72.5 Å². The Labute approximate surface area is 164 Å². The first-order chi connectivity index (χ1) is 12.0. The van der Waals surface area contributed by atoms with Crippen LogP contribution in [0.4, 0.5) is 0 Å². The van der Waals surface area contributed by atoms with Crippen molar-refractivity contribution < 1.29 is 14.3 Å². The van der Waals surface area contributed by atoms with Crippen LogP contribution in [0.3, 0.4) is 0 Å². The van der Waals surface area contributed by atoms with Crippen LogP contribution in [0, 0.1) is 6.92 Å². The Bertz CT molecular complexity index is 691. The summed E-state index contributed by atoms with van der Waals surface area (Å²) < 4.78 is 10.1. The number of benzene rings is 1. The first kappa shape index (κ1) is 22.4. The second-order valence-corrected chi connectivity index (χ2v) is 6.69. The summed E-state index contributed by atoms with van der Waals surface area (Å²) in [6, 6.07) is 7.74. The third kappa shape index (κ3) is 6.25. The molecule has 1 atom stereocenters. The highest BCUT2D eigenvalue weighted by atomic mass is 35.5. The van der Waals surface area contributed by atoms with Crippen LogP contribution in [-0.2, 0) is 9.53 Å². The molecule has 1 unspecified atom stereocenters. The molecule has 0 radical (unpaired) electrons. The smallest absolute Gasteiger partial charge is 0.234 e. The molecule has 26 heavy (non-hydrogen) atoms. The van der Waals surface area contributed by atoms with Gasteiger partial charge in [0.05, 0.1) is 36.9 Å².